The first kappa shape index (κ1) is 16.7. The van der Waals surface area contributed by atoms with E-state index in [-0.39, 0.29) is 5.54 Å². The minimum absolute atomic E-state index is 0.0219. The van der Waals surface area contributed by atoms with Crippen molar-refractivity contribution in [3.63, 3.8) is 0 Å². The van der Waals surface area contributed by atoms with Gasteiger partial charge in [-0.2, -0.15) is 4.31 Å². The molecular weight excluding hydrogens is 308 g/mol. The fourth-order valence-corrected chi connectivity index (χ4v) is 4.29. The number of alkyl halides is 1. The highest BCUT2D eigenvalue weighted by Gasteiger charge is 2.42. The van der Waals surface area contributed by atoms with E-state index in [0.29, 0.717) is 17.3 Å². The Bertz CT molecular complexity index is 597. The van der Waals surface area contributed by atoms with E-state index in [1.807, 2.05) is 20.2 Å². The second kappa shape index (κ2) is 6.24. The van der Waals surface area contributed by atoms with Gasteiger partial charge in [-0.3, -0.25) is 0 Å². The maximum Gasteiger partial charge on any atom is 0.242 e. The molecule has 0 aliphatic heterocycles. The third kappa shape index (κ3) is 3.26. The van der Waals surface area contributed by atoms with E-state index in [1.54, 1.807) is 25.2 Å². The molecule has 1 aromatic carbocycles. The molecule has 0 saturated heterocycles. The number of rotatable bonds is 6. The Labute approximate surface area is 132 Å². The van der Waals surface area contributed by atoms with E-state index in [2.05, 4.69) is 4.90 Å². The van der Waals surface area contributed by atoms with Crippen LogP contribution in [0.1, 0.15) is 24.8 Å². The highest BCUT2D eigenvalue weighted by atomic mass is 35.5. The van der Waals surface area contributed by atoms with E-state index in [1.165, 1.54) is 4.31 Å². The summed E-state index contributed by atoms with van der Waals surface area (Å²) in [6.07, 6.45) is 3.25. The lowest BCUT2D eigenvalue weighted by Gasteiger charge is -2.48. The number of hydrogen-bond donors (Lipinski definition) is 0. The summed E-state index contributed by atoms with van der Waals surface area (Å²) < 4.78 is 26.9. The number of benzene rings is 1. The van der Waals surface area contributed by atoms with E-state index in [0.717, 1.165) is 24.8 Å². The van der Waals surface area contributed by atoms with Crippen molar-refractivity contribution in [1.29, 1.82) is 0 Å². The normalized spacial score (nSPS) is 18.0. The van der Waals surface area contributed by atoms with Crippen molar-refractivity contribution in [3.8, 4) is 0 Å². The average molecular weight is 331 g/mol. The molecular formula is C15H23ClN2O2S. The zero-order valence-corrected chi connectivity index (χ0v) is 14.4. The topological polar surface area (TPSA) is 40.6 Å². The number of nitrogens with zero attached hydrogens (tertiary/aromatic N) is 2. The van der Waals surface area contributed by atoms with Crippen molar-refractivity contribution in [2.24, 2.45) is 0 Å². The van der Waals surface area contributed by atoms with Crippen molar-refractivity contribution in [3.05, 3.63) is 29.8 Å². The van der Waals surface area contributed by atoms with Crippen LogP contribution in [-0.4, -0.2) is 50.8 Å². The first-order valence-electron chi connectivity index (χ1n) is 7.10. The van der Waals surface area contributed by atoms with Crippen LogP contribution in [0.3, 0.4) is 0 Å². The van der Waals surface area contributed by atoms with E-state index >= 15 is 0 Å². The van der Waals surface area contributed by atoms with Crippen LogP contribution < -0.4 is 0 Å². The van der Waals surface area contributed by atoms with Gasteiger partial charge in [0.05, 0.1) is 4.90 Å². The fourth-order valence-electron chi connectivity index (χ4n) is 2.80. The van der Waals surface area contributed by atoms with Crippen LogP contribution >= 0.6 is 11.6 Å². The first-order chi connectivity index (χ1) is 9.82. The van der Waals surface area contributed by atoms with Crippen LogP contribution in [0.4, 0.5) is 0 Å². The zero-order chi connectivity index (χ0) is 15.7. The van der Waals surface area contributed by atoms with Gasteiger partial charge in [-0.1, -0.05) is 12.1 Å². The summed E-state index contributed by atoms with van der Waals surface area (Å²) in [5.41, 5.74) is 0.795. The Morgan fingerprint density at radius 3 is 2.38 bits per heavy atom. The molecule has 0 unspecified atom stereocenters. The molecule has 1 aromatic rings. The third-order valence-corrected chi connectivity index (χ3v) is 6.62. The Kier molecular flexibility index (Phi) is 4.98. The highest BCUT2D eigenvalue weighted by Crippen LogP contribution is 2.37. The Morgan fingerprint density at radius 1 is 1.24 bits per heavy atom. The van der Waals surface area contributed by atoms with Crippen LogP contribution in [-0.2, 0) is 15.9 Å². The first-order valence-corrected chi connectivity index (χ1v) is 9.08. The van der Waals surface area contributed by atoms with E-state index in [4.69, 9.17) is 11.6 Å². The predicted molar refractivity (Wildman–Crippen MR) is 86.1 cm³/mol. The average Bonchev–Trinajstić information content (AvgIpc) is 2.42. The van der Waals surface area contributed by atoms with Crippen LogP contribution in [0.15, 0.2) is 29.2 Å². The van der Waals surface area contributed by atoms with Crippen LogP contribution in [0.5, 0.6) is 0 Å². The van der Waals surface area contributed by atoms with Gasteiger partial charge in [0.15, 0.2) is 0 Å². The summed E-state index contributed by atoms with van der Waals surface area (Å²) >= 11 is 5.79. The summed E-state index contributed by atoms with van der Waals surface area (Å²) in [6.45, 7) is 0.521. The lowest BCUT2D eigenvalue weighted by molar-refractivity contribution is 0.0455. The van der Waals surface area contributed by atoms with Gasteiger partial charge in [-0.15, -0.1) is 11.6 Å². The van der Waals surface area contributed by atoms with Crippen molar-refractivity contribution in [1.82, 2.24) is 9.21 Å². The number of hydrogen-bond acceptors (Lipinski definition) is 3. The van der Waals surface area contributed by atoms with Gasteiger partial charge in [-0.05, 0) is 51.1 Å². The SMILES string of the molecule is CN(C)C1(CN(C)S(=O)(=O)c2cccc(CCl)c2)CCC1. The third-order valence-electron chi connectivity index (χ3n) is 4.51. The number of sulfonamides is 1. The Balaban J connectivity index is 2.22. The molecule has 1 aliphatic rings. The molecule has 0 spiro atoms. The van der Waals surface area contributed by atoms with Gasteiger partial charge in [0.25, 0.3) is 0 Å². The molecule has 0 amide bonds. The summed E-state index contributed by atoms with van der Waals surface area (Å²) in [7, 11) is 2.24. The highest BCUT2D eigenvalue weighted by molar-refractivity contribution is 7.89. The van der Waals surface area contributed by atoms with Gasteiger partial charge >= 0.3 is 0 Å². The molecule has 2 rings (SSSR count). The second-order valence-corrected chi connectivity index (χ2v) is 8.33. The standard InChI is InChI=1S/C15H23ClN2O2S/c1-17(2)15(8-5-9-15)12-18(3)21(19,20)14-7-4-6-13(10-14)11-16/h4,6-7,10H,5,8-9,11-12H2,1-3H3. The lowest BCUT2D eigenvalue weighted by Crippen LogP contribution is -2.57. The summed E-state index contributed by atoms with van der Waals surface area (Å²) in [5, 5.41) is 0. The molecule has 4 nitrogen and oxygen atoms in total. The molecule has 1 fully saturated rings. The van der Waals surface area contributed by atoms with Crippen molar-refractivity contribution in [2.75, 3.05) is 27.7 Å². The summed E-state index contributed by atoms with van der Waals surface area (Å²) in [4.78, 5) is 2.47. The van der Waals surface area contributed by atoms with E-state index < -0.39 is 10.0 Å². The lowest BCUT2D eigenvalue weighted by atomic mass is 9.75. The molecule has 0 atom stereocenters. The van der Waals surface area contributed by atoms with Crippen molar-refractivity contribution >= 4 is 21.6 Å². The minimum atomic E-state index is -3.47. The maximum absolute atomic E-state index is 12.7. The molecule has 118 valence electrons. The molecule has 0 heterocycles. The second-order valence-electron chi connectivity index (χ2n) is 6.01. The smallest absolute Gasteiger partial charge is 0.242 e. The minimum Gasteiger partial charge on any atom is -0.302 e. The van der Waals surface area contributed by atoms with Crippen molar-refractivity contribution in [2.45, 2.75) is 35.6 Å². The van der Waals surface area contributed by atoms with Crippen molar-refractivity contribution < 1.29 is 8.42 Å². The van der Waals surface area contributed by atoms with Crippen LogP contribution in [0.2, 0.25) is 0 Å². The molecule has 1 aliphatic carbocycles. The molecule has 0 bridgehead atoms. The fraction of sp³-hybridized carbons (Fsp3) is 0.600. The summed E-state index contributed by atoms with van der Waals surface area (Å²) in [5.74, 6) is 0.314. The molecule has 0 aromatic heterocycles. The van der Waals surface area contributed by atoms with Gasteiger partial charge in [-0.25, -0.2) is 8.42 Å². The monoisotopic (exact) mass is 330 g/mol. The van der Waals surface area contributed by atoms with Gasteiger partial charge in [0.1, 0.15) is 0 Å². The van der Waals surface area contributed by atoms with E-state index in [9.17, 15) is 8.42 Å². The van der Waals surface area contributed by atoms with Crippen LogP contribution in [0.25, 0.3) is 0 Å². The Hall–Kier alpha value is -0.620. The Morgan fingerprint density at radius 2 is 1.90 bits per heavy atom. The molecule has 6 heteroatoms. The van der Waals surface area contributed by atoms with Gasteiger partial charge in [0.2, 0.25) is 10.0 Å². The van der Waals surface area contributed by atoms with Gasteiger partial charge < -0.3 is 4.90 Å². The molecule has 1 saturated carbocycles. The number of likely N-dealkylation sites (N-methyl/N-ethyl adjacent to an activating group) is 2. The summed E-state index contributed by atoms with van der Waals surface area (Å²) in [6, 6.07) is 6.86. The van der Waals surface area contributed by atoms with Crippen LogP contribution in [0, 0.1) is 0 Å². The van der Waals surface area contributed by atoms with Gasteiger partial charge in [0, 0.05) is 25.0 Å². The predicted octanol–water partition coefficient (Wildman–Crippen LogP) is 2.53. The quantitative estimate of drug-likeness (QED) is 0.753. The molecule has 0 radical (unpaired) electrons. The number of halogens is 1. The zero-order valence-electron chi connectivity index (χ0n) is 12.8. The maximum atomic E-state index is 12.7. The molecule has 0 N–H and O–H groups in total. The molecule has 21 heavy (non-hydrogen) atoms. The largest absolute Gasteiger partial charge is 0.302 e.